The number of hydrogen-bond acceptors (Lipinski definition) is 6. The summed E-state index contributed by atoms with van der Waals surface area (Å²) in [6.07, 6.45) is 0. The Hall–Kier alpha value is -3.88. The van der Waals surface area contributed by atoms with Crippen LogP contribution in [0.3, 0.4) is 0 Å². The van der Waals surface area contributed by atoms with Gasteiger partial charge >= 0.3 is 11.7 Å². The molecule has 1 aliphatic rings. The van der Waals surface area contributed by atoms with Crippen LogP contribution in [0, 0.1) is 0 Å². The van der Waals surface area contributed by atoms with Crippen LogP contribution in [0.15, 0.2) is 76.3 Å². The summed E-state index contributed by atoms with van der Waals surface area (Å²) in [7, 11) is 3.40. The summed E-state index contributed by atoms with van der Waals surface area (Å²) in [4.78, 5) is 44.1. The van der Waals surface area contributed by atoms with Gasteiger partial charge < -0.3 is 14.5 Å². The van der Waals surface area contributed by atoms with Crippen LogP contribution in [0.5, 0.6) is 0 Å². The average molecular weight is 533 g/mol. The second-order valence-electron chi connectivity index (χ2n) is 9.54. The third-order valence-electron chi connectivity index (χ3n) is 7.02. The molecule has 0 N–H and O–H groups in total. The number of methoxy groups -OCH3 is 1. The van der Waals surface area contributed by atoms with Crippen molar-refractivity contribution >= 4 is 34.2 Å². The molecule has 38 heavy (non-hydrogen) atoms. The van der Waals surface area contributed by atoms with Gasteiger partial charge in [0.1, 0.15) is 0 Å². The van der Waals surface area contributed by atoms with Crippen LogP contribution in [0.25, 0.3) is 10.9 Å². The molecule has 8 nitrogen and oxygen atoms in total. The molecule has 1 aliphatic heterocycles. The molecule has 0 spiro atoms. The van der Waals surface area contributed by atoms with E-state index in [-0.39, 0.29) is 12.1 Å². The fourth-order valence-electron chi connectivity index (χ4n) is 4.88. The van der Waals surface area contributed by atoms with E-state index in [2.05, 4.69) is 16.8 Å². The lowest BCUT2D eigenvalue weighted by Gasteiger charge is -2.34. The summed E-state index contributed by atoms with van der Waals surface area (Å²) in [5.74, 6) is -0.446. The van der Waals surface area contributed by atoms with Gasteiger partial charge in [-0.15, -0.1) is 0 Å². The second-order valence-corrected chi connectivity index (χ2v) is 9.98. The third kappa shape index (κ3) is 5.10. The van der Waals surface area contributed by atoms with E-state index in [0.29, 0.717) is 28.0 Å². The summed E-state index contributed by atoms with van der Waals surface area (Å²) in [6, 6.07) is 19.9. The minimum absolute atomic E-state index is 0.0641. The molecule has 1 fully saturated rings. The quantitative estimate of drug-likeness (QED) is 0.354. The number of esters is 1. The fraction of sp³-hybridized carbons (Fsp3) is 0.276. The van der Waals surface area contributed by atoms with Gasteiger partial charge in [-0.05, 0) is 42.4 Å². The zero-order valence-corrected chi connectivity index (χ0v) is 22.1. The molecule has 0 unspecified atom stereocenters. The Morgan fingerprint density at radius 3 is 2.16 bits per heavy atom. The number of ether oxygens (including phenoxy) is 1. The molecule has 5 rings (SSSR count). The van der Waals surface area contributed by atoms with Crippen LogP contribution in [0.4, 0.5) is 5.69 Å². The number of fused-ring (bicyclic) bond motifs is 1. The predicted molar refractivity (Wildman–Crippen MR) is 150 cm³/mol. The molecular weight excluding hydrogens is 504 g/mol. The van der Waals surface area contributed by atoms with E-state index in [0.717, 1.165) is 43.0 Å². The molecule has 0 saturated carbocycles. The van der Waals surface area contributed by atoms with E-state index < -0.39 is 11.7 Å². The number of carbonyl (C=O) groups excluding carboxylic acids is 1. The van der Waals surface area contributed by atoms with Crippen molar-refractivity contribution < 1.29 is 9.53 Å². The molecule has 1 saturated heterocycles. The van der Waals surface area contributed by atoms with Crippen molar-refractivity contribution in [3.8, 4) is 0 Å². The van der Waals surface area contributed by atoms with Crippen LogP contribution in [-0.4, -0.2) is 60.3 Å². The lowest BCUT2D eigenvalue weighted by atomic mass is 10.1. The van der Waals surface area contributed by atoms with Crippen molar-refractivity contribution in [1.82, 2.24) is 14.0 Å². The largest absolute Gasteiger partial charge is 0.465 e. The lowest BCUT2D eigenvalue weighted by Crippen LogP contribution is -2.46. The maximum atomic E-state index is 14.0. The number of halogens is 1. The smallest absolute Gasteiger partial charge is 0.337 e. The summed E-state index contributed by atoms with van der Waals surface area (Å²) < 4.78 is 7.67. The molecular formula is C29H29ClN4O4. The van der Waals surface area contributed by atoms with E-state index in [1.165, 1.54) is 11.7 Å². The topological polar surface area (TPSA) is 76.8 Å². The molecule has 196 valence electrons. The van der Waals surface area contributed by atoms with Gasteiger partial charge in [0.2, 0.25) is 0 Å². The first-order valence-electron chi connectivity index (χ1n) is 12.5. The van der Waals surface area contributed by atoms with Gasteiger partial charge in [0.25, 0.3) is 5.56 Å². The molecule has 0 bridgehead atoms. The molecule has 0 amide bonds. The number of benzene rings is 3. The molecule has 0 atom stereocenters. The van der Waals surface area contributed by atoms with E-state index >= 15 is 0 Å². The monoisotopic (exact) mass is 532 g/mol. The first-order chi connectivity index (χ1) is 18.4. The van der Waals surface area contributed by atoms with Crippen LogP contribution in [0.1, 0.15) is 21.5 Å². The highest BCUT2D eigenvalue weighted by molar-refractivity contribution is 6.31. The Bertz CT molecular complexity index is 1590. The molecule has 2 heterocycles. The van der Waals surface area contributed by atoms with E-state index in [1.807, 2.05) is 36.4 Å². The summed E-state index contributed by atoms with van der Waals surface area (Å²) in [5.41, 5.74) is 2.52. The zero-order valence-electron chi connectivity index (χ0n) is 21.4. The SMILES string of the molecule is COC(=O)c1ccc(Cn2c(=O)c3c(N4CCN(C)CC4)cc(Cl)cc3n(Cc3ccccc3)c2=O)cc1. The minimum atomic E-state index is -0.446. The second kappa shape index (κ2) is 10.8. The van der Waals surface area contributed by atoms with Gasteiger partial charge in [0.05, 0.1) is 42.4 Å². The van der Waals surface area contributed by atoms with Crippen molar-refractivity contribution in [1.29, 1.82) is 0 Å². The first-order valence-corrected chi connectivity index (χ1v) is 12.8. The van der Waals surface area contributed by atoms with Gasteiger partial charge in [-0.2, -0.15) is 0 Å². The molecule has 3 aromatic carbocycles. The Morgan fingerprint density at radius 2 is 1.50 bits per heavy atom. The van der Waals surface area contributed by atoms with Crippen molar-refractivity contribution in [2.24, 2.45) is 0 Å². The van der Waals surface area contributed by atoms with Crippen LogP contribution >= 0.6 is 11.6 Å². The predicted octanol–water partition coefficient (Wildman–Crippen LogP) is 3.45. The molecule has 0 aliphatic carbocycles. The van der Waals surface area contributed by atoms with Gasteiger partial charge in [-0.3, -0.25) is 13.9 Å². The zero-order chi connectivity index (χ0) is 26.8. The fourth-order valence-corrected chi connectivity index (χ4v) is 5.09. The number of anilines is 1. The number of likely N-dealkylation sites (N-methyl/N-ethyl adjacent to an activating group) is 1. The van der Waals surface area contributed by atoms with Gasteiger partial charge in [-0.1, -0.05) is 54.1 Å². The Kier molecular flexibility index (Phi) is 7.35. The number of hydrogen-bond donors (Lipinski definition) is 0. The standard InChI is InChI=1S/C29H29ClN4O4/c1-31-12-14-32(15-13-31)24-16-23(30)17-25-26(24)27(35)34(19-21-8-10-22(11-9-21)28(36)38-2)29(37)33(25)18-20-6-4-3-5-7-20/h3-11,16-17H,12-15,18-19H2,1-2H3. The third-order valence-corrected chi connectivity index (χ3v) is 7.23. The van der Waals surface area contributed by atoms with Crippen molar-refractivity contribution in [3.63, 3.8) is 0 Å². The van der Waals surface area contributed by atoms with E-state index in [9.17, 15) is 14.4 Å². The number of aromatic nitrogens is 2. The van der Waals surface area contributed by atoms with E-state index in [1.54, 1.807) is 34.9 Å². The molecule has 4 aromatic rings. The van der Waals surface area contributed by atoms with Crippen molar-refractivity contribution in [3.05, 3.63) is 109 Å². The van der Waals surface area contributed by atoms with Crippen molar-refractivity contribution in [2.45, 2.75) is 13.1 Å². The highest BCUT2D eigenvalue weighted by Gasteiger charge is 2.23. The van der Waals surface area contributed by atoms with Crippen molar-refractivity contribution in [2.75, 3.05) is 45.2 Å². The highest BCUT2D eigenvalue weighted by Crippen LogP contribution is 2.29. The summed E-state index contributed by atoms with van der Waals surface area (Å²) in [5, 5.41) is 0.948. The van der Waals surface area contributed by atoms with Gasteiger partial charge in [0, 0.05) is 31.2 Å². The molecule has 1 aromatic heterocycles. The molecule has 9 heteroatoms. The lowest BCUT2D eigenvalue weighted by molar-refractivity contribution is 0.0600. The van der Waals surface area contributed by atoms with Crippen LogP contribution in [0.2, 0.25) is 5.02 Å². The maximum Gasteiger partial charge on any atom is 0.337 e. The maximum absolute atomic E-state index is 14.0. The Labute approximate surface area is 225 Å². The molecule has 0 radical (unpaired) electrons. The first kappa shape index (κ1) is 25.8. The van der Waals surface area contributed by atoms with E-state index in [4.69, 9.17) is 16.3 Å². The number of piperazine rings is 1. The highest BCUT2D eigenvalue weighted by atomic mass is 35.5. The minimum Gasteiger partial charge on any atom is -0.465 e. The van der Waals surface area contributed by atoms with Gasteiger partial charge in [-0.25, -0.2) is 9.59 Å². The van der Waals surface area contributed by atoms with Crippen LogP contribution in [-0.2, 0) is 17.8 Å². The summed E-state index contributed by atoms with van der Waals surface area (Å²) >= 11 is 6.57. The Balaban J connectivity index is 1.69. The summed E-state index contributed by atoms with van der Waals surface area (Å²) in [6.45, 7) is 3.57. The van der Waals surface area contributed by atoms with Crippen LogP contribution < -0.4 is 16.1 Å². The normalized spacial score (nSPS) is 14.1. The number of carbonyl (C=O) groups is 1. The number of nitrogens with zero attached hydrogens (tertiary/aromatic N) is 4. The average Bonchev–Trinajstić information content (AvgIpc) is 2.93. The Morgan fingerprint density at radius 1 is 0.868 bits per heavy atom. The van der Waals surface area contributed by atoms with Gasteiger partial charge in [0.15, 0.2) is 0 Å². The number of rotatable bonds is 6.